The topological polar surface area (TPSA) is 35.6 Å². The Balaban J connectivity index is 1.25. The molecule has 1 aliphatic rings. The number of nitrogens with zero attached hydrogens (tertiary/aromatic N) is 4. The number of aromatic nitrogens is 4. The largest absolute Gasteiger partial charge is 0.308 e. The highest BCUT2D eigenvalue weighted by Crippen LogP contribution is 2.57. The van der Waals surface area contributed by atoms with Crippen LogP contribution in [0.25, 0.3) is 66.4 Å². The van der Waals surface area contributed by atoms with Gasteiger partial charge >= 0.3 is 0 Å². The highest BCUT2D eigenvalue weighted by atomic mass is 15.0. The second-order valence-corrected chi connectivity index (χ2v) is 13.4. The molecule has 6 aromatic carbocycles. The van der Waals surface area contributed by atoms with E-state index in [1.807, 2.05) is 24.5 Å². The van der Waals surface area contributed by atoms with Gasteiger partial charge in [-0.1, -0.05) is 109 Å². The van der Waals surface area contributed by atoms with Crippen molar-refractivity contribution in [2.24, 2.45) is 0 Å². The molecule has 0 aliphatic heterocycles. The van der Waals surface area contributed by atoms with Crippen LogP contribution in [0.3, 0.4) is 0 Å². The summed E-state index contributed by atoms with van der Waals surface area (Å²) in [7, 11) is 0. The van der Waals surface area contributed by atoms with Crippen LogP contribution in [0.5, 0.6) is 0 Å². The molecule has 0 fully saturated rings. The van der Waals surface area contributed by atoms with E-state index < -0.39 is 5.41 Å². The van der Waals surface area contributed by atoms with Gasteiger partial charge in [0, 0.05) is 34.5 Å². The molecule has 10 aromatic rings. The predicted molar refractivity (Wildman–Crippen MR) is 208 cm³/mol. The van der Waals surface area contributed by atoms with Crippen molar-refractivity contribution in [1.82, 2.24) is 19.1 Å². The average molecular weight is 651 g/mol. The fraction of sp³-hybridized carbons (Fsp3) is 0.0213. The van der Waals surface area contributed by atoms with Crippen LogP contribution in [-0.2, 0) is 5.41 Å². The highest BCUT2D eigenvalue weighted by Gasteiger charge is 2.46. The number of pyridine rings is 2. The Kier molecular flexibility index (Phi) is 5.84. The van der Waals surface area contributed by atoms with Gasteiger partial charge in [-0.3, -0.25) is 9.97 Å². The van der Waals surface area contributed by atoms with Crippen molar-refractivity contribution in [3.63, 3.8) is 0 Å². The smallest absolute Gasteiger partial charge is 0.0963 e. The third-order valence-electron chi connectivity index (χ3n) is 10.9. The predicted octanol–water partition coefficient (Wildman–Crippen LogP) is 11.0. The van der Waals surface area contributed by atoms with Crippen molar-refractivity contribution < 1.29 is 0 Å². The first-order valence-corrected chi connectivity index (χ1v) is 17.4. The SMILES string of the molecule is c1ccc(C2(c3ccccc3)c3ccc(-n4c5ccccc5c5ncccc54)cc3-c3cc(-n4c5ccccc5c5ncccc54)ccc32)cc1. The summed E-state index contributed by atoms with van der Waals surface area (Å²) in [5, 5.41) is 2.30. The van der Waals surface area contributed by atoms with Gasteiger partial charge in [0.2, 0.25) is 0 Å². The molecular formula is C47H30N4. The molecule has 0 amide bonds. The molecule has 1 aliphatic carbocycles. The summed E-state index contributed by atoms with van der Waals surface area (Å²) < 4.78 is 4.73. The first kappa shape index (κ1) is 28.1. The monoisotopic (exact) mass is 650 g/mol. The van der Waals surface area contributed by atoms with Crippen LogP contribution < -0.4 is 0 Å². The van der Waals surface area contributed by atoms with Crippen molar-refractivity contribution in [2.45, 2.75) is 5.41 Å². The Hall–Kier alpha value is -6.78. The second kappa shape index (κ2) is 10.6. The molecule has 51 heavy (non-hydrogen) atoms. The fourth-order valence-corrected chi connectivity index (χ4v) is 8.88. The van der Waals surface area contributed by atoms with Crippen molar-refractivity contribution >= 4 is 43.9 Å². The number of benzene rings is 6. The van der Waals surface area contributed by atoms with Crippen LogP contribution in [0.4, 0.5) is 0 Å². The molecule has 4 nitrogen and oxygen atoms in total. The fourth-order valence-electron chi connectivity index (χ4n) is 8.88. The lowest BCUT2D eigenvalue weighted by Crippen LogP contribution is -2.28. The summed E-state index contributed by atoms with van der Waals surface area (Å²) in [5.41, 5.74) is 15.7. The van der Waals surface area contributed by atoms with Crippen LogP contribution in [0.15, 0.2) is 182 Å². The second-order valence-electron chi connectivity index (χ2n) is 13.4. The summed E-state index contributed by atoms with van der Waals surface area (Å²) >= 11 is 0. The van der Waals surface area contributed by atoms with Crippen molar-refractivity contribution in [3.8, 4) is 22.5 Å². The maximum absolute atomic E-state index is 4.83. The van der Waals surface area contributed by atoms with Crippen LogP contribution >= 0.6 is 0 Å². The van der Waals surface area contributed by atoms with Gasteiger partial charge in [0.15, 0.2) is 0 Å². The van der Waals surface area contributed by atoms with Crippen LogP contribution in [0, 0.1) is 0 Å². The molecule has 4 heteroatoms. The van der Waals surface area contributed by atoms with Crippen molar-refractivity contribution in [2.75, 3.05) is 0 Å². The zero-order chi connectivity index (χ0) is 33.5. The van der Waals surface area contributed by atoms with E-state index in [1.165, 1.54) is 33.4 Å². The van der Waals surface area contributed by atoms with Crippen LogP contribution in [0.2, 0.25) is 0 Å². The number of para-hydroxylation sites is 2. The Morgan fingerprint density at radius 3 is 1.25 bits per heavy atom. The number of hydrogen-bond acceptors (Lipinski definition) is 2. The lowest BCUT2D eigenvalue weighted by atomic mass is 9.68. The Bertz CT molecular complexity index is 2660. The van der Waals surface area contributed by atoms with E-state index in [-0.39, 0.29) is 0 Å². The highest BCUT2D eigenvalue weighted by molar-refractivity contribution is 6.08. The van der Waals surface area contributed by atoms with Gasteiger partial charge in [0.05, 0.1) is 38.5 Å². The average Bonchev–Trinajstić information content (AvgIpc) is 3.82. The summed E-state index contributed by atoms with van der Waals surface area (Å²) in [6.07, 6.45) is 3.77. The molecule has 0 unspecified atom stereocenters. The van der Waals surface area contributed by atoms with E-state index >= 15 is 0 Å². The summed E-state index contributed by atoms with van der Waals surface area (Å²) in [4.78, 5) is 9.65. The zero-order valence-electron chi connectivity index (χ0n) is 27.6. The zero-order valence-corrected chi connectivity index (χ0v) is 27.6. The van der Waals surface area contributed by atoms with Gasteiger partial charge < -0.3 is 9.13 Å². The molecule has 4 aromatic heterocycles. The number of rotatable bonds is 4. The lowest BCUT2D eigenvalue weighted by molar-refractivity contribution is 0.768. The van der Waals surface area contributed by atoms with E-state index in [9.17, 15) is 0 Å². The molecule has 238 valence electrons. The maximum Gasteiger partial charge on any atom is 0.0963 e. The standard InChI is InChI=1S/C47H30N4/c1-3-13-31(14-4-1)47(32-15-5-2-6-16-32)39-25-23-33(50-41-19-9-7-17-35(41)45-43(50)21-11-27-48-45)29-37(39)38-30-34(24-26-40(38)47)51-42-20-10-8-18-36(42)46-44(51)22-12-28-49-46/h1-30H. The summed E-state index contributed by atoms with van der Waals surface area (Å²) in [5.74, 6) is 0. The van der Waals surface area contributed by atoms with Gasteiger partial charge in [-0.2, -0.15) is 0 Å². The first-order valence-electron chi connectivity index (χ1n) is 17.4. The van der Waals surface area contributed by atoms with Crippen molar-refractivity contribution in [3.05, 3.63) is 205 Å². The van der Waals surface area contributed by atoms with E-state index in [0.29, 0.717) is 0 Å². The van der Waals surface area contributed by atoms with Gasteiger partial charge in [-0.15, -0.1) is 0 Å². The Morgan fingerprint density at radius 2 is 0.784 bits per heavy atom. The molecule has 4 heterocycles. The molecule has 0 N–H and O–H groups in total. The van der Waals surface area contributed by atoms with Gasteiger partial charge in [0.1, 0.15) is 0 Å². The third-order valence-corrected chi connectivity index (χ3v) is 10.9. The quantitative estimate of drug-likeness (QED) is 0.190. The molecule has 0 spiro atoms. The third kappa shape index (κ3) is 3.79. The van der Waals surface area contributed by atoms with Gasteiger partial charge in [-0.25, -0.2) is 0 Å². The molecule has 0 radical (unpaired) electrons. The molecular weight excluding hydrogens is 621 g/mol. The molecule has 0 saturated heterocycles. The minimum absolute atomic E-state index is 0.505. The minimum atomic E-state index is -0.505. The Labute approximate surface area is 294 Å². The van der Waals surface area contributed by atoms with Crippen molar-refractivity contribution in [1.29, 1.82) is 0 Å². The molecule has 0 saturated carbocycles. The maximum atomic E-state index is 4.83. The van der Waals surface area contributed by atoms with Crippen LogP contribution in [-0.4, -0.2) is 19.1 Å². The molecule has 0 atom stereocenters. The first-order chi connectivity index (χ1) is 25.3. The van der Waals surface area contributed by atoms with E-state index in [0.717, 1.165) is 55.2 Å². The van der Waals surface area contributed by atoms with E-state index in [2.05, 4.69) is 167 Å². The van der Waals surface area contributed by atoms with Gasteiger partial charge in [-0.05, 0) is 94.0 Å². The number of fused-ring (bicyclic) bond motifs is 9. The van der Waals surface area contributed by atoms with Gasteiger partial charge in [0.25, 0.3) is 0 Å². The minimum Gasteiger partial charge on any atom is -0.308 e. The molecule has 0 bridgehead atoms. The Morgan fingerprint density at radius 1 is 0.373 bits per heavy atom. The normalized spacial score (nSPS) is 13.3. The van der Waals surface area contributed by atoms with E-state index in [4.69, 9.17) is 9.97 Å². The van der Waals surface area contributed by atoms with Crippen LogP contribution in [0.1, 0.15) is 22.3 Å². The summed E-state index contributed by atoms with van der Waals surface area (Å²) in [6, 6.07) is 61.7. The number of hydrogen-bond donors (Lipinski definition) is 0. The lowest BCUT2D eigenvalue weighted by Gasteiger charge is -2.34. The summed E-state index contributed by atoms with van der Waals surface area (Å²) in [6.45, 7) is 0. The molecule has 11 rings (SSSR count). The van der Waals surface area contributed by atoms with E-state index in [1.54, 1.807) is 0 Å².